The van der Waals surface area contributed by atoms with Crippen molar-refractivity contribution in [2.24, 2.45) is 0 Å². The van der Waals surface area contributed by atoms with Crippen LogP contribution in [0, 0.1) is 0 Å². The number of aliphatic carboxylic acids is 1. The van der Waals surface area contributed by atoms with E-state index in [1.807, 2.05) is 48.5 Å². The Hall–Kier alpha value is -5.67. The molecule has 0 aromatic heterocycles. The van der Waals surface area contributed by atoms with Crippen LogP contribution in [-0.2, 0) is 71.7 Å². The summed E-state index contributed by atoms with van der Waals surface area (Å²) < 4.78 is 20.9. The predicted molar refractivity (Wildman–Crippen MR) is 327 cm³/mol. The van der Waals surface area contributed by atoms with Gasteiger partial charge in [0.15, 0.2) is 0 Å². The second kappa shape index (κ2) is 81.5. The van der Waals surface area contributed by atoms with Crippen LogP contribution < -0.4 is 47.9 Å². The number of ether oxygens (including phenoxy) is 4. The average molecular weight is 1210 g/mol. The van der Waals surface area contributed by atoms with Gasteiger partial charge < -0.3 is 86.6 Å². The quantitative estimate of drug-likeness (QED) is 0.0308. The third-order valence-corrected chi connectivity index (χ3v) is 10.3. The van der Waals surface area contributed by atoms with Gasteiger partial charge in [0.25, 0.3) is 0 Å². The maximum atomic E-state index is 11.7. The molecular weight excluding hydrogens is 1090 g/mol. The third kappa shape index (κ3) is 87.6. The first-order chi connectivity index (χ1) is 40.6. The molecule has 8 amide bonds. The van der Waals surface area contributed by atoms with Gasteiger partial charge in [-0.05, 0) is 54.0 Å². The Balaban J connectivity index is -0.000000227. The van der Waals surface area contributed by atoms with Crippen LogP contribution in [0.4, 0.5) is 0 Å². The van der Waals surface area contributed by atoms with Crippen molar-refractivity contribution < 1.29 is 81.9 Å². The fraction of sp³-hybridized carbons (Fsp3) is 0.810. The number of carboxylic acids is 1. The summed E-state index contributed by atoms with van der Waals surface area (Å²) in [7, 11) is 1.52. The van der Waals surface area contributed by atoms with Crippen LogP contribution in [0.3, 0.4) is 0 Å². The molecule has 496 valence electrons. The largest absolute Gasteiger partial charge is 0.480 e. The number of carboxylic acid groups (broad SMARTS) is 1. The molecule has 84 heavy (non-hydrogen) atoms. The van der Waals surface area contributed by atoms with E-state index in [0.29, 0.717) is 25.1 Å². The van der Waals surface area contributed by atoms with Gasteiger partial charge in [0, 0.05) is 51.5 Å². The third-order valence-electron chi connectivity index (χ3n) is 10.3. The molecule has 0 rings (SSSR count). The molecule has 26 nitrogen and oxygen atoms in total. The zero-order valence-corrected chi connectivity index (χ0v) is 53.4. The fourth-order valence-electron chi connectivity index (χ4n) is 6.14. The number of unbranched alkanes of at least 4 members (excludes halogenated alkanes) is 14. The van der Waals surface area contributed by atoms with Crippen molar-refractivity contribution >= 4 is 66.3 Å². The summed E-state index contributed by atoms with van der Waals surface area (Å²) in [5.41, 5.74) is 0. The van der Waals surface area contributed by atoms with Crippen molar-refractivity contribution in [2.75, 3.05) is 112 Å². The number of nitrogens with one attached hydrogen (secondary N) is 9. The summed E-state index contributed by atoms with van der Waals surface area (Å²) in [6, 6.07) is -1.04. The van der Waals surface area contributed by atoms with Crippen LogP contribution in [-0.4, -0.2) is 201 Å². The highest BCUT2D eigenvalue weighted by Crippen LogP contribution is 2.13. The molecule has 26 heteroatoms. The summed E-state index contributed by atoms with van der Waals surface area (Å²) in [6.45, 7) is 20.9. The molecule has 11 N–H and O–H groups in total. The highest BCUT2D eigenvalue weighted by atomic mass is 16.5. The minimum absolute atomic E-state index is 0.0478. The van der Waals surface area contributed by atoms with Crippen LogP contribution in [0.15, 0.2) is 0 Å². The van der Waals surface area contributed by atoms with Crippen molar-refractivity contribution in [1.29, 1.82) is 0 Å². The molecule has 0 aromatic carbocycles. The summed E-state index contributed by atoms with van der Waals surface area (Å²) in [6.07, 6.45) is 22.1. The van der Waals surface area contributed by atoms with Crippen molar-refractivity contribution in [2.45, 2.75) is 197 Å². The minimum atomic E-state index is -1.01. The molecule has 2 unspecified atom stereocenters. The van der Waals surface area contributed by atoms with Gasteiger partial charge in [0.2, 0.25) is 48.3 Å². The number of ketones is 1. The highest BCUT2D eigenvalue weighted by molar-refractivity contribution is 5.88. The molecule has 0 aliphatic rings. The molecule has 0 fully saturated rings. The van der Waals surface area contributed by atoms with Crippen molar-refractivity contribution in [3.05, 3.63) is 0 Å². The number of carbonyl (C=O) groups is 11. The van der Waals surface area contributed by atoms with E-state index >= 15 is 0 Å². The van der Waals surface area contributed by atoms with Gasteiger partial charge in [-0.3, -0.25) is 43.2 Å². The maximum absolute atomic E-state index is 11.7. The monoisotopic (exact) mass is 1210 g/mol. The molecule has 0 saturated heterocycles. The Bertz CT molecular complexity index is 1550. The van der Waals surface area contributed by atoms with E-state index in [9.17, 15) is 52.7 Å². The van der Waals surface area contributed by atoms with Crippen LogP contribution in [0.5, 0.6) is 0 Å². The number of aliphatic hydroxyl groups excluding tert-OH is 1. The Kier molecular flexibility index (Phi) is 89.4. The van der Waals surface area contributed by atoms with E-state index in [2.05, 4.69) is 47.9 Å². The fourth-order valence-corrected chi connectivity index (χ4v) is 6.14. The summed E-state index contributed by atoms with van der Waals surface area (Å²) in [4.78, 5) is 119. The normalized spacial score (nSPS) is 10.3. The number of hydrogen-bond donors (Lipinski definition) is 11. The van der Waals surface area contributed by atoms with Crippen LogP contribution in [0.25, 0.3) is 0 Å². The molecular formula is C58H117N9O17. The zero-order chi connectivity index (χ0) is 65.1. The first-order valence-electron chi connectivity index (χ1n) is 30.3. The first-order valence-corrected chi connectivity index (χ1v) is 30.3. The standard InChI is InChI=1S/C24H44N6O11.C19H36O2.C6H12N2O3.C3H7NO.3C2H6/c1-3-26-20(32)14-29-21(33)15-30-23(35)17-41-13-11-39-9-7-28-22(34)16-40-12-10-38-8-6-27-19(31)5-4-18(25-2)24(36)37;1-19(21)17-15-13-11-9-7-5-3-2-4-6-8-10-12-14-16-18-20;1-5(3-9)8-6(11)2-7-4-10;1-2-4-3-5;3*1-2/h18,25H,3-17H2,1-2H3,(H,26,32)(H,27,31)(H,28,34)(H,29,33)(H,30,35)(H,36,37);18H,2-17H2,1H3;4-5,9H,2-3H2,1H3,(H,7,10)(H,8,11);3H,2H2,1H3,(H,4,5);3*1-2H3. The predicted octanol–water partition coefficient (Wildman–Crippen LogP) is 3.18. The Morgan fingerprint density at radius 1 is 0.476 bits per heavy atom. The molecule has 2 atom stereocenters. The number of Topliss-reactive ketones (excluding diaryl/α,β-unsaturated/α-hetero) is 1. The first kappa shape index (κ1) is 92.1. The van der Waals surface area contributed by atoms with E-state index in [-0.39, 0.29) is 135 Å². The Morgan fingerprint density at radius 3 is 1.29 bits per heavy atom. The summed E-state index contributed by atoms with van der Waals surface area (Å²) >= 11 is 0. The number of amides is 8. The average Bonchev–Trinajstić information content (AvgIpc) is 3.49. The molecule has 0 radical (unpaired) electrons. The van der Waals surface area contributed by atoms with Crippen LogP contribution >= 0.6 is 0 Å². The topological polar surface area (TPSA) is 373 Å². The molecule has 0 aliphatic carbocycles. The van der Waals surface area contributed by atoms with Gasteiger partial charge >= 0.3 is 5.97 Å². The number of hydrogen-bond acceptors (Lipinski definition) is 17. The van der Waals surface area contributed by atoms with E-state index in [0.717, 1.165) is 38.5 Å². The smallest absolute Gasteiger partial charge is 0.320 e. The minimum Gasteiger partial charge on any atom is -0.480 e. The number of likely N-dealkylation sites (N-methyl/N-ethyl adjacent to an activating group) is 2. The molecule has 0 aromatic rings. The summed E-state index contributed by atoms with van der Waals surface area (Å²) in [5.74, 6) is -2.88. The highest BCUT2D eigenvalue weighted by Gasteiger charge is 2.16. The lowest BCUT2D eigenvalue weighted by atomic mass is 10.0. The van der Waals surface area contributed by atoms with E-state index in [4.69, 9.17) is 29.2 Å². The van der Waals surface area contributed by atoms with E-state index in [1.165, 1.54) is 84.1 Å². The van der Waals surface area contributed by atoms with Gasteiger partial charge in [0.1, 0.15) is 31.3 Å². The van der Waals surface area contributed by atoms with Crippen molar-refractivity contribution in [3.8, 4) is 0 Å². The molecule has 0 saturated carbocycles. The van der Waals surface area contributed by atoms with Crippen molar-refractivity contribution in [1.82, 2.24) is 47.9 Å². The SMILES string of the molecule is CC.CC.CC.CC(=O)CCCCCCCCCCCCCCCCC=O.CC(CO)NC(=O)CNC=O.CCNC(=O)CNC(=O)CNC(=O)COCCOCCNC(=O)COCCOCCNC(=O)CCC(NC)C(=O)O.CCNC=O. The van der Waals surface area contributed by atoms with Gasteiger partial charge in [-0.25, -0.2) is 0 Å². The summed E-state index contributed by atoms with van der Waals surface area (Å²) in [5, 5.41) is 39.6. The molecule has 0 bridgehead atoms. The molecule has 0 heterocycles. The Labute approximate surface area is 503 Å². The molecule has 0 aliphatic heterocycles. The van der Waals surface area contributed by atoms with Crippen LogP contribution in [0.2, 0.25) is 0 Å². The number of rotatable bonds is 50. The van der Waals surface area contributed by atoms with Gasteiger partial charge in [-0.15, -0.1) is 0 Å². The number of aliphatic hydroxyl groups is 1. The second-order valence-corrected chi connectivity index (χ2v) is 17.4. The second-order valence-electron chi connectivity index (χ2n) is 17.4. The van der Waals surface area contributed by atoms with Gasteiger partial charge in [0.05, 0.1) is 65.9 Å². The lowest BCUT2D eigenvalue weighted by molar-refractivity contribution is -0.139. The van der Waals surface area contributed by atoms with E-state index < -0.39 is 23.8 Å². The lowest BCUT2D eigenvalue weighted by Gasteiger charge is -2.11. The Morgan fingerprint density at radius 2 is 0.893 bits per heavy atom. The maximum Gasteiger partial charge on any atom is 0.320 e. The van der Waals surface area contributed by atoms with Gasteiger partial charge in [-0.2, -0.15) is 0 Å². The lowest BCUT2D eigenvalue weighted by Crippen LogP contribution is -2.42. The number of carbonyl (C=O) groups excluding carboxylic acids is 10. The molecule has 0 spiro atoms. The van der Waals surface area contributed by atoms with Crippen LogP contribution in [0.1, 0.15) is 185 Å². The number of aldehydes is 1. The zero-order valence-electron chi connectivity index (χ0n) is 53.4. The van der Waals surface area contributed by atoms with Gasteiger partial charge in [-0.1, -0.05) is 119 Å². The van der Waals surface area contributed by atoms with E-state index in [1.54, 1.807) is 20.8 Å². The van der Waals surface area contributed by atoms with Crippen molar-refractivity contribution in [3.63, 3.8) is 0 Å².